The number of carbonyl (C=O) groups is 1. The van der Waals surface area contributed by atoms with Crippen LogP contribution in [0, 0.1) is 5.82 Å². The largest absolute Gasteiger partial charge is 0.432 e. The number of nitrogens with zero attached hydrogens (tertiary/aromatic N) is 2. The smallest absolute Gasteiger partial charge is 0.387 e. The van der Waals surface area contributed by atoms with E-state index in [2.05, 4.69) is 9.84 Å². The lowest BCUT2D eigenvalue weighted by molar-refractivity contribution is -0.117. The number of alkyl halides is 6. The molecule has 148 valence electrons. The van der Waals surface area contributed by atoms with E-state index in [4.69, 9.17) is 11.6 Å². The van der Waals surface area contributed by atoms with Gasteiger partial charge in [0.25, 0.3) is 12.9 Å². The Labute approximate surface area is 151 Å². The molecule has 0 radical (unpaired) electrons. The summed E-state index contributed by atoms with van der Waals surface area (Å²) in [6.45, 7) is -4.32. The Kier molecular flexibility index (Phi) is 6.52. The molecule has 5 nitrogen and oxygen atoms in total. The summed E-state index contributed by atoms with van der Waals surface area (Å²) >= 11 is 5.44. The van der Waals surface area contributed by atoms with Crippen LogP contribution in [0.25, 0.3) is 0 Å². The molecule has 13 heteroatoms. The molecule has 0 saturated carbocycles. The number of halogens is 8. The monoisotopic (exact) mass is 419 g/mol. The quantitative estimate of drug-likeness (QED) is 0.656. The fraction of sp³-hybridized carbons (Fsp3) is 0.286. The van der Waals surface area contributed by atoms with Gasteiger partial charge < -0.3 is 10.1 Å². The maximum absolute atomic E-state index is 13.1. The number of carbonyl (C=O) groups excluding carboxylic acids is 1. The highest BCUT2D eigenvalue weighted by molar-refractivity contribution is 6.32. The number of rotatable bonds is 7. The summed E-state index contributed by atoms with van der Waals surface area (Å²) in [5, 5.41) is 4.21. The maximum atomic E-state index is 13.1. The van der Waals surface area contributed by atoms with Gasteiger partial charge in [-0.1, -0.05) is 11.6 Å². The zero-order valence-electron chi connectivity index (χ0n) is 12.9. The molecule has 1 aromatic heterocycles. The minimum absolute atomic E-state index is 0.265. The van der Waals surface area contributed by atoms with Crippen molar-refractivity contribution in [2.75, 3.05) is 5.32 Å². The van der Waals surface area contributed by atoms with Crippen molar-refractivity contribution in [2.24, 2.45) is 0 Å². The molecule has 1 N–H and O–H groups in total. The molecule has 1 amide bonds. The summed E-state index contributed by atoms with van der Waals surface area (Å²) in [5.41, 5.74) is -2.64. The second-order valence-electron chi connectivity index (χ2n) is 4.91. The number of benzene rings is 1. The van der Waals surface area contributed by atoms with Crippen LogP contribution < -0.4 is 10.1 Å². The first kappa shape index (κ1) is 20.8. The molecule has 0 aliphatic heterocycles. The predicted molar refractivity (Wildman–Crippen MR) is 78.8 cm³/mol. The predicted octanol–water partition coefficient (Wildman–Crippen LogP) is 4.79. The van der Waals surface area contributed by atoms with Gasteiger partial charge in [-0.05, 0) is 12.1 Å². The van der Waals surface area contributed by atoms with Gasteiger partial charge in [-0.15, -0.1) is 0 Å². The van der Waals surface area contributed by atoms with Crippen LogP contribution in [-0.2, 0) is 11.3 Å². The van der Waals surface area contributed by atoms with E-state index in [1.807, 2.05) is 5.32 Å². The number of aromatic nitrogens is 2. The lowest BCUT2D eigenvalue weighted by atomic mass is 10.2. The Hall–Kier alpha value is -2.50. The van der Waals surface area contributed by atoms with Gasteiger partial charge >= 0.3 is 6.61 Å². The standard InChI is InChI=1S/C14H9ClF7N3O2/c15-9-10(12(17)18)24-25(11(9)13(19)20)4-8(26)23-6-2-1-5(16)3-7(6)27-14(21)22/h1-3,12-14H,4H2,(H,23,26). The van der Waals surface area contributed by atoms with Gasteiger partial charge in [-0.2, -0.15) is 13.9 Å². The van der Waals surface area contributed by atoms with E-state index < -0.39 is 65.6 Å². The summed E-state index contributed by atoms with van der Waals surface area (Å²) < 4.78 is 93.7. The lowest BCUT2D eigenvalue weighted by Crippen LogP contribution is -2.22. The van der Waals surface area contributed by atoms with Crippen molar-refractivity contribution in [3.63, 3.8) is 0 Å². The number of hydrogen-bond acceptors (Lipinski definition) is 3. The van der Waals surface area contributed by atoms with Gasteiger partial charge in [0.05, 0.1) is 10.7 Å². The normalized spacial score (nSPS) is 11.5. The summed E-state index contributed by atoms with van der Waals surface area (Å²) in [7, 11) is 0. The highest BCUT2D eigenvalue weighted by Gasteiger charge is 2.28. The van der Waals surface area contributed by atoms with Gasteiger partial charge in [-0.3, -0.25) is 9.48 Å². The maximum Gasteiger partial charge on any atom is 0.387 e. The molecule has 0 aliphatic rings. The van der Waals surface area contributed by atoms with E-state index in [1.165, 1.54) is 0 Å². The fourth-order valence-electron chi connectivity index (χ4n) is 2.06. The summed E-state index contributed by atoms with van der Waals surface area (Å²) in [6.07, 6.45) is -6.57. The van der Waals surface area contributed by atoms with E-state index in [0.717, 1.165) is 12.1 Å². The van der Waals surface area contributed by atoms with E-state index in [1.54, 1.807) is 0 Å². The fourth-order valence-corrected chi connectivity index (χ4v) is 2.36. The van der Waals surface area contributed by atoms with Crippen molar-refractivity contribution < 1.29 is 40.3 Å². The number of anilines is 1. The highest BCUT2D eigenvalue weighted by Crippen LogP contribution is 2.34. The van der Waals surface area contributed by atoms with E-state index in [-0.39, 0.29) is 4.68 Å². The van der Waals surface area contributed by atoms with Crippen molar-refractivity contribution in [1.82, 2.24) is 9.78 Å². The summed E-state index contributed by atoms with van der Waals surface area (Å²) in [6, 6.07) is 2.27. The van der Waals surface area contributed by atoms with Crippen molar-refractivity contribution in [3.05, 3.63) is 40.4 Å². The Morgan fingerprint density at radius 1 is 1.19 bits per heavy atom. The number of nitrogens with one attached hydrogen (secondary N) is 1. The van der Waals surface area contributed by atoms with Gasteiger partial charge in [-0.25, -0.2) is 22.0 Å². The first-order valence-electron chi connectivity index (χ1n) is 6.96. The molecular formula is C14H9ClF7N3O2. The van der Waals surface area contributed by atoms with Crippen LogP contribution in [0.2, 0.25) is 5.02 Å². The molecule has 27 heavy (non-hydrogen) atoms. The van der Waals surface area contributed by atoms with Crippen molar-refractivity contribution in [3.8, 4) is 5.75 Å². The molecule has 0 bridgehead atoms. The van der Waals surface area contributed by atoms with Gasteiger partial charge in [0.2, 0.25) is 5.91 Å². The Morgan fingerprint density at radius 3 is 2.41 bits per heavy atom. The average molecular weight is 420 g/mol. The van der Waals surface area contributed by atoms with Crippen LogP contribution in [0.1, 0.15) is 24.2 Å². The Balaban J connectivity index is 2.25. The molecule has 2 aromatic rings. The molecular weight excluding hydrogens is 411 g/mol. The summed E-state index contributed by atoms with van der Waals surface area (Å²) in [5.74, 6) is -2.77. The van der Waals surface area contributed by atoms with Crippen LogP contribution in [0.4, 0.5) is 36.4 Å². The topological polar surface area (TPSA) is 56.2 Å². The molecule has 0 spiro atoms. The van der Waals surface area contributed by atoms with E-state index in [0.29, 0.717) is 6.07 Å². The van der Waals surface area contributed by atoms with Gasteiger partial charge in [0.15, 0.2) is 5.75 Å². The number of amides is 1. The first-order valence-corrected chi connectivity index (χ1v) is 7.34. The summed E-state index contributed by atoms with van der Waals surface area (Å²) in [4.78, 5) is 12.0. The highest BCUT2D eigenvalue weighted by atomic mass is 35.5. The molecule has 0 aliphatic carbocycles. The number of ether oxygens (including phenoxy) is 1. The molecule has 0 unspecified atom stereocenters. The zero-order chi connectivity index (χ0) is 20.3. The van der Waals surface area contributed by atoms with E-state index >= 15 is 0 Å². The molecule has 1 heterocycles. The van der Waals surface area contributed by atoms with Crippen molar-refractivity contribution in [2.45, 2.75) is 26.0 Å². The van der Waals surface area contributed by atoms with Crippen LogP contribution in [-0.4, -0.2) is 22.3 Å². The second kappa shape index (κ2) is 8.46. The van der Waals surface area contributed by atoms with Crippen LogP contribution in [0.3, 0.4) is 0 Å². The lowest BCUT2D eigenvalue weighted by Gasteiger charge is -2.12. The number of hydrogen-bond donors (Lipinski definition) is 1. The SMILES string of the molecule is O=C(Cn1nc(C(F)F)c(Cl)c1C(F)F)Nc1ccc(F)cc1OC(F)F. The van der Waals surface area contributed by atoms with Crippen molar-refractivity contribution >= 4 is 23.2 Å². The minimum atomic E-state index is -3.33. The van der Waals surface area contributed by atoms with Crippen molar-refractivity contribution in [1.29, 1.82) is 0 Å². The Bertz CT molecular complexity index is 829. The average Bonchev–Trinajstić information content (AvgIpc) is 2.86. The van der Waals surface area contributed by atoms with E-state index in [9.17, 15) is 35.5 Å². The van der Waals surface area contributed by atoms with Gasteiger partial charge in [0.1, 0.15) is 23.7 Å². The van der Waals surface area contributed by atoms with Gasteiger partial charge in [0, 0.05) is 6.07 Å². The zero-order valence-corrected chi connectivity index (χ0v) is 13.7. The third-order valence-corrected chi connectivity index (χ3v) is 3.48. The third kappa shape index (κ3) is 5.02. The van der Waals surface area contributed by atoms with Crippen LogP contribution in [0.15, 0.2) is 18.2 Å². The first-order chi connectivity index (χ1) is 12.6. The molecule has 0 atom stereocenters. The molecule has 0 fully saturated rings. The van der Waals surface area contributed by atoms with Crippen LogP contribution >= 0.6 is 11.6 Å². The van der Waals surface area contributed by atoms with Crippen LogP contribution in [0.5, 0.6) is 5.75 Å². The second-order valence-corrected chi connectivity index (χ2v) is 5.29. The third-order valence-electron chi connectivity index (χ3n) is 3.10. The molecule has 1 aromatic carbocycles. The molecule has 2 rings (SSSR count). The Morgan fingerprint density at radius 2 is 1.85 bits per heavy atom. The minimum Gasteiger partial charge on any atom is -0.432 e. The molecule has 0 saturated heterocycles.